The predicted molar refractivity (Wildman–Crippen MR) is 80.7 cm³/mol. The molecule has 90 valence electrons. The second-order valence-corrected chi connectivity index (χ2v) is 6.70. The summed E-state index contributed by atoms with van der Waals surface area (Å²) in [5, 5.41) is 4.25. The number of thiophene rings is 1. The number of benzene rings is 1. The Morgan fingerprint density at radius 1 is 1.11 bits per heavy atom. The third-order valence-electron chi connectivity index (χ3n) is 2.29. The molecular formula is C12H6BrClN2S2. The van der Waals surface area contributed by atoms with Crippen LogP contribution < -0.4 is 0 Å². The molecule has 0 amide bonds. The SMILES string of the molecule is Clc1nc(Sc2ccc(Br)cc2)c2ccsc2n1. The highest BCUT2D eigenvalue weighted by Gasteiger charge is 2.09. The van der Waals surface area contributed by atoms with E-state index in [0.717, 1.165) is 24.6 Å². The van der Waals surface area contributed by atoms with Crippen LogP contribution in [-0.4, -0.2) is 9.97 Å². The minimum atomic E-state index is 0.296. The van der Waals surface area contributed by atoms with Crippen LogP contribution in [0.2, 0.25) is 5.28 Å². The van der Waals surface area contributed by atoms with Crippen molar-refractivity contribution in [1.82, 2.24) is 9.97 Å². The number of rotatable bonds is 2. The Balaban J connectivity index is 2.03. The van der Waals surface area contributed by atoms with Crippen LogP contribution in [-0.2, 0) is 0 Å². The zero-order valence-electron chi connectivity index (χ0n) is 8.93. The molecular weight excluding hydrogens is 352 g/mol. The highest BCUT2D eigenvalue weighted by Crippen LogP contribution is 2.34. The maximum absolute atomic E-state index is 5.94. The molecule has 0 saturated carbocycles. The number of aromatic nitrogens is 2. The maximum atomic E-state index is 5.94. The molecule has 2 nitrogen and oxygen atoms in total. The Labute approximate surface area is 126 Å². The standard InChI is InChI=1S/C12H6BrClN2S2/c13-7-1-3-8(4-2-7)18-11-9-5-6-17-10(9)15-12(14)16-11/h1-6H. The molecule has 0 spiro atoms. The van der Waals surface area contributed by atoms with Crippen molar-refractivity contribution in [3.63, 3.8) is 0 Å². The van der Waals surface area contributed by atoms with Gasteiger partial charge in [-0.1, -0.05) is 27.7 Å². The van der Waals surface area contributed by atoms with Crippen molar-refractivity contribution in [1.29, 1.82) is 0 Å². The number of hydrogen-bond donors (Lipinski definition) is 0. The molecule has 18 heavy (non-hydrogen) atoms. The van der Waals surface area contributed by atoms with E-state index in [4.69, 9.17) is 11.6 Å². The quantitative estimate of drug-likeness (QED) is 0.462. The van der Waals surface area contributed by atoms with Gasteiger partial charge in [-0.2, -0.15) is 0 Å². The second-order valence-electron chi connectivity index (χ2n) is 3.49. The van der Waals surface area contributed by atoms with Gasteiger partial charge in [0.2, 0.25) is 5.28 Å². The van der Waals surface area contributed by atoms with E-state index < -0.39 is 0 Å². The van der Waals surface area contributed by atoms with E-state index in [2.05, 4.69) is 25.9 Å². The first-order valence-electron chi connectivity index (χ1n) is 5.06. The third kappa shape index (κ3) is 2.54. The molecule has 0 bridgehead atoms. The lowest BCUT2D eigenvalue weighted by Gasteiger charge is -2.03. The van der Waals surface area contributed by atoms with Gasteiger partial charge in [0, 0.05) is 14.8 Å². The first kappa shape index (κ1) is 12.4. The maximum Gasteiger partial charge on any atom is 0.224 e. The van der Waals surface area contributed by atoms with E-state index in [1.807, 2.05) is 35.7 Å². The fraction of sp³-hybridized carbons (Fsp3) is 0. The normalized spacial score (nSPS) is 11.0. The second kappa shape index (κ2) is 5.17. The van der Waals surface area contributed by atoms with Crippen LogP contribution in [0, 0.1) is 0 Å². The molecule has 0 unspecified atom stereocenters. The van der Waals surface area contributed by atoms with Crippen LogP contribution in [0.3, 0.4) is 0 Å². The molecule has 2 heterocycles. The van der Waals surface area contributed by atoms with Crippen LogP contribution in [0.15, 0.2) is 50.1 Å². The van der Waals surface area contributed by atoms with Gasteiger partial charge in [-0.25, -0.2) is 9.97 Å². The molecule has 0 N–H and O–H groups in total. The Bertz CT molecular complexity index is 697. The zero-order valence-corrected chi connectivity index (χ0v) is 12.9. The number of fused-ring (bicyclic) bond motifs is 1. The van der Waals surface area contributed by atoms with Gasteiger partial charge in [0.15, 0.2) is 0 Å². The fourth-order valence-corrected chi connectivity index (χ4v) is 3.76. The third-order valence-corrected chi connectivity index (χ3v) is 4.81. The molecule has 3 rings (SSSR count). The highest BCUT2D eigenvalue weighted by molar-refractivity contribution is 9.10. The van der Waals surface area contributed by atoms with Gasteiger partial charge in [0.05, 0.1) is 0 Å². The summed E-state index contributed by atoms with van der Waals surface area (Å²) >= 11 is 12.5. The average molecular weight is 358 g/mol. The average Bonchev–Trinajstić information content (AvgIpc) is 2.80. The van der Waals surface area contributed by atoms with E-state index in [9.17, 15) is 0 Å². The predicted octanol–water partition coefficient (Wildman–Crippen LogP) is 5.26. The Kier molecular flexibility index (Phi) is 3.56. The largest absolute Gasteiger partial charge is 0.224 e. The molecule has 0 radical (unpaired) electrons. The van der Waals surface area contributed by atoms with E-state index in [-0.39, 0.29) is 0 Å². The summed E-state index contributed by atoms with van der Waals surface area (Å²) < 4.78 is 1.06. The smallest absolute Gasteiger partial charge is 0.210 e. The Morgan fingerprint density at radius 2 is 1.89 bits per heavy atom. The summed E-state index contributed by atoms with van der Waals surface area (Å²) in [5.41, 5.74) is 0. The Hall–Kier alpha value is -0.620. The summed E-state index contributed by atoms with van der Waals surface area (Å²) in [7, 11) is 0. The number of nitrogens with zero attached hydrogens (tertiary/aromatic N) is 2. The number of hydrogen-bond acceptors (Lipinski definition) is 4. The van der Waals surface area contributed by atoms with Gasteiger partial charge in [0.1, 0.15) is 9.86 Å². The summed E-state index contributed by atoms with van der Waals surface area (Å²) in [6.45, 7) is 0. The fourth-order valence-electron chi connectivity index (χ4n) is 1.50. The minimum absolute atomic E-state index is 0.296. The Morgan fingerprint density at radius 3 is 2.67 bits per heavy atom. The summed E-state index contributed by atoms with van der Waals surface area (Å²) in [6.07, 6.45) is 0. The van der Waals surface area contributed by atoms with Crippen molar-refractivity contribution in [2.24, 2.45) is 0 Å². The monoisotopic (exact) mass is 356 g/mol. The molecule has 0 fully saturated rings. The molecule has 0 aliphatic rings. The van der Waals surface area contributed by atoms with Crippen molar-refractivity contribution in [3.05, 3.63) is 45.5 Å². The first-order chi connectivity index (χ1) is 8.72. The van der Waals surface area contributed by atoms with Crippen molar-refractivity contribution in [2.75, 3.05) is 0 Å². The van der Waals surface area contributed by atoms with Crippen LogP contribution in [0.4, 0.5) is 0 Å². The minimum Gasteiger partial charge on any atom is -0.210 e. The summed E-state index contributed by atoms with van der Waals surface area (Å²) in [4.78, 5) is 10.6. The van der Waals surface area contributed by atoms with Crippen LogP contribution in [0.5, 0.6) is 0 Å². The highest BCUT2D eigenvalue weighted by atomic mass is 79.9. The first-order valence-corrected chi connectivity index (χ1v) is 7.93. The number of halogens is 2. The molecule has 0 saturated heterocycles. The van der Waals surface area contributed by atoms with Crippen molar-refractivity contribution >= 4 is 60.8 Å². The van der Waals surface area contributed by atoms with E-state index in [1.54, 1.807) is 23.1 Å². The van der Waals surface area contributed by atoms with E-state index in [1.165, 1.54) is 0 Å². The van der Waals surface area contributed by atoms with E-state index in [0.29, 0.717) is 5.28 Å². The molecule has 0 aliphatic heterocycles. The van der Waals surface area contributed by atoms with Gasteiger partial charge in [-0.3, -0.25) is 0 Å². The van der Waals surface area contributed by atoms with Gasteiger partial charge < -0.3 is 0 Å². The molecule has 6 heteroatoms. The van der Waals surface area contributed by atoms with Crippen molar-refractivity contribution in [3.8, 4) is 0 Å². The molecule has 3 aromatic rings. The van der Waals surface area contributed by atoms with Crippen molar-refractivity contribution < 1.29 is 0 Å². The van der Waals surface area contributed by atoms with Gasteiger partial charge in [0.25, 0.3) is 0 Å². The van der Waals surface area contributed by atoms with Crippen LogP contribution in [0.1, 0.15) is 0 Å². The summed E-state index contributed by atoms with van der Waals surface area (Å²) in [6, 6.07) is 10.1. The van der Waals surface area contributed by atoms with Gasteiger partial charge >= 0.3 is 0 Å². The molecule has 2 aromatic heterocycles. The van der Waals surface area contributed by atoms with Gasteiger partial charge in [-0.15, -0.1) is 11.3 Å². The van der Waals surface area contributed by atoms with E-state index >= 15 is 0 Å². The topological polar surface area (TPSA) is 25.8 Å². The lowest BCUT2D eigenvalue weighted by atomic mass is 10.4. The molecule has 1 aromatic carbocycles. The van der Waals surface area contributed by atoms with Gasteiger partial charge in [-0.05, 0) is 47.3 Å². The lowest BCUT2D eigenvalue weighted by molar-refractivity contribution is 1.11. The summed E-state index contributed by atoms with van der Waals surface area (Å²) in [5.74, 6) is 0. The molecule has 0 atom stereocenters. The van der Waals surface area contributed by atoms with Crippen molar-refractivity contribution in [2.45, 2.75) is 9.92 Å². The van der Waals surface area contributed by atoms with Crippen LogP contribution >= 0.6 is 50.6 Å². The van der Waals surface area contributed by atoms with Crippen LogP contribution in [0.25, 0.3) is 10.2 Å². The molecule has 0 aliphatic carbocycles. The lowest BCUT2D eigenvalue weighted by Crippen LogP contribution is -1.86. The zero-order chi connectivity index (χ0) is 12.5.